The minimum atomic E-state index is -1.44. The van der Waals surface area contributed by atoms with Crippen LogP contribution in [0.5, 0.6) is 0 Å². The van der Waals surface area contributed by atoms with Gasteiger partial charge in [-0.3, -0.25) is 28.7 Å². The lowest BCUT2D eigenvalue weighted by molar-refractivity contribution is -0.166. The molecule has 160 valence electrons. The minimum Gasteiger partial charge on any atom is -0.463 e. The SMILES string of the molecule is [2H]CC(=O)OC[C@H]1OC(n2cc(CCC)c(=O)[nH]c2=O)[C@H](OC(=O)C[2H])[C@H]1OC(=O)C[2H]. The summed E-state index contributed by atoms with van der Waals surface area (Å²) in [6.07, 6.45) is -3.28. The van der Waals surface area contributed by atoms with Gasteiger partial charge in [-0.05, 0) is 6.42 Å². The number of ether oxygens (including phenoxy) is 4. The zero-order valence-corrected chi connectivity index (χ0v) is 15.8. The number of hydrogen-bond acceptors (Lipinski definition) is 9. The molecule has 0 radical (unpaired) electrons. The average Bonchev–Trinajstić information content (AvgIpc) is 3.10. The number of aromatic nitrogens is 2. The Morgan fingerprint density at radius 1 is 1.14 bits per heavy atom. The van der Waals surface area contributed by atoms with Gasteiger partial charge in [0.05, 0.1) is 0 Å². The molecule has 4 atom stereocenters. The fraction of sp³-hybridized carbons (Fsp3) is 0.611. The lowest BCUT2D eigenvalue weighted by Gasteiger charge is -2.24. The third-order valence-corrected chi connectivity index (χ3v) is 4.06. The fourth-order valence-electron chi connectivity index (χ4n) is 2.98. The number of aromatic amines is 1. The Labute approximate surface area is 170 Å². The van der Waals surface area contributed by atoms with Crippen molar-refractivity contribution in [2.24, 2.45) is 0 Å². The van der Waals surface area contributed by atoms with Crippen molar-refractivity contribution in [3.63, 3.8) is 0 Å². The molecule has 1 aliphatic rings. The molecule has 29 heavy (non-hydrogen) atoms. The minimum absolute atomic E-state index is 0.255. The topological polar surface area (TPSA) is 143 Å². The van der Waals surface area contributed by atoms with Crippen LogP contribution in [0, 0.1) is 0 Å². The maximum atomic E-state index is 12.5. The Balaban J connectivity index is 2.50. The summed E-state index contributed by atoms with van der Waals surface area (Å²) in [4.78, 5) is 61.8. The molecule has 0 amide bonds. The molecular weight excluding hydrogens is 388 g/mol. The maximum Gasteiger partial charge on any atom is 0.330 e. The molecule has 1 aromatic rings. The number of carbonyl (C=O) groups is 3. The van der Waals surface area contributed by atoms with E-state index in [9.17, 15) is 24.0 Å². The summed E-state index contributed by atoms with van der Waals surface area (Å²) >= 11 is 0. The lowest BCUT2D eigenvalue weighted by atomic mass is 10.1. The van der Waals surface area contributed by atoms with Crippen molar-refractivity contribution < 1.29 is 37.4 Å². The van der Waals surface area contributed by atoms with Gasteiger partial charge in [0.1, 0.15) is 12.7 Å². The molecular formula is C18H24N2O9. The molecule has 1 saturated heterocycles. The van der Waals surface area contributed by atoms with Gasteiger partial charge in [-0.2, -0.15) is 0 Å². The van der Waals surface area contributed by atoms with Gasteiger partial charge in [0, 0.05) is 36.6 Å². The molecule has 1 unspecified atom stereocenters. The summed E-state index contributed by atoms with van der Waals surface area (Å²) < 4.78 is 43.4. The number of aryl methyl sites for hydroxylation is 1. The zero-order chi connectivity index (χ0) is 23.8. The quantitative estimate of drug-likeness (QED) is 0.473. The smallest absolute Gasteiger partial charge is 0.330 e. The predicted molar refractivity (Wildman–Crippen MR) is 97.0 cm³/mol. The standard InChI is InChI=1S/C18H24N2O9/c1-5-6-12-7-20(18(25)19-16(12)24)17-15(28-11(4)23)14(27-10(3)22)13(29-17)8-26-9(2)21/h7,13-15,17H,5-6,8H2,1-4H3,(H,19,24,25)/t13-,14+,15-,17?/m1/s1/i2D,3D,4D. The normalized spacial score (nSPS) is 24.8. The predicted octanol–water partition coefficient (Wildman–Crippen LogP) is -0.187. The first-order chi connectivity index (χ1) is 15.2. The van der Waals surface area contributed by atoms with Crippen LogP contribution in [0.15, 0.2) is 15.8 Å². The van der Waals surface area contributed by atoms with Crippen LogP contribution in [0.25, 0.3) is 0 Å². The van der Waals surface area contributed by atoms with Gasteiger partial charge in [-0.1, -0.05) is 13.3 Å². The van der Waals surface area contributed by atoms with E-state index in [1.807, 2.05) is 6.92 Å². The Hall–Kier alpha value is -2.95. The number of H-pyrrole nitrogens is 1. The van der Waals surface area contributed by atoms with Crippen LogP contribution < -0.4 is 11.2 Å². The Morgan fingerprint density at radius 3 is 2.41 bits per heavy atom. The van der Waals surface area contributed by atoms with Crippen molar-refractivity contribution in [1.82, 2.24) is 9.55 Å². The molecule has 1 aliphatic heterocycles. The van der Waals surface area contributed by atoms with E-state index in [0.29, 0.717) is 12.8 Å². The van der Waals surface area contributed by atoms with Gasteiger partial charge < -0.3 is 18.9 Å². The van der Waals surface area contributed by atoms with Crippen LogP contribution in [-0.4, -0.2) is 52.4 Å². The second kappa shape index (κ2) is 9.50. The van der Waals surface area contributed by atoms with Crippen LogP contribution in [0.1, 0.15) is 49.9 Å². The zero-order valence-electron chi connectivity index (χ0n) is 18.8. The van der Waals surface area contributed by atoms with Gasteiger partial charge in [-0.25, -0.2) is 4.79 Å². The number of nitrogens with one attached hydrogen (secondary N) is 1. The van der Waals surface area contributed by atoms with E-state index in [4.69, 9.17) is 23.1 Å². The lowest BCUT2D eigenvalue weighted by Crippen LogP contribution is -2.42. The van der Waals surface area contributed by atoms with Crippen LogP contribution in [-0.2, 0) is 39.8 Å². The summed E-state index contributed by atoms with van der Waals surface area (Å²) in [5, 5.41) is 0. The summed E-state index contributed by atoms with van der Waals surface area (Å²) in [6, 6.07) is 0. The van der Waals surface area contributed by atoms with E-state index in [1.54, 1.807) is 0 Å². The molecule has 1 aromatic heterocycles. The third kappa shape index (κ3) is 5.53. The molecule has 0 spiro atoms. The van der Waals surface area contributed by atoms with Gasteiger partial charge in [0.15, 0.2) is 18.4 Å². The summed E-state index contributed by atoms with van der Waals surface area (Å²) in [5.41, 5.74) is -1.23. The Morgan fingerprint density at radius 2 is 1.79 bits per heavy atom. The van der Waals surface area contributed by atoms with E-state index >= 15 is 0 Å². The monoisotopic (exact) mass is 415 g/mol. The highest BCUT2D eigenvalue weighted by Gasteiger charge is 2.51. The van der Waals surface area contributed by atoms with Crippen LogP contribution in [0.3, 0.4) is 0 Å². The first kappa shape index (κ1) is 18.1. The molecule has 2 rings (SSSR count). The molecule has 11 heteroatoms. The van der Waals surface area contributed by atoms with Gasteiger partial charge in [0.25, 0.3) is 5.56 Å². The number of hydrogen-bond donors (Lipinski definition) is 1. The first-order valence-electron chi connectivity index (χ1n) is 10.8. The van der Waals surface area contributed by atoms with Gasteiger partial charge in [0.2, 0.25) is 0 Å². The number of rotatable bonds is 7. The first-order valence-corrected chi connectivity index (χ1v) is 8.67. The summed E-state index contributed by atoms with van der Waals surface area (Å²) in [6.45, 7) is -0.892. The molecule has 1 N–H and O–H groups in total. The van der Waals surface area contributed by atoms with Crippen molar-refractivity contribution >= 4 is 17.9 Å². The Kier molecular flexibility index (Phi) is 5.93. The molecule has 0 saturated carbocycles. The van der Waals surface area contributed by atoms with Crippen molar-refractivity contribution in [1.29, 1.82) is 0 Å². The second-order valence-corrected chi connectivity index (χ2v) is 6.23. The summed E-state index contributed by atoms with van der Waals surface area (Å²) in [5.74, 6) is -2.90. The second-order valence-electron chi connectivity index (χ2n) is 6.23. The Bertz CT molecular complexity index is 948. The van der Waals surface area contributed by atoms with Crippen molar-refractivity contribution in [3.05, 3.63) is 32.6 Å². The van der Waals surface area contributed by atoms with E-state index < -0.39 is 81.0 Å². The highest BCUT2D eigenvalue weighted by atomic mass is 16.7. The molecule has 11 nitrogen and oxygen atoms in total. The van der Waals surface area contributed by atoms with Crippen molar-refractivity contribution in [2.75, 3.05) is 6.61 Å². The van der Waals surface area contributed by atoms with Crippen LogP contribution in [0.4, 0.5) is 0 Å². The summed E-state index contributed by atoms with van der Waals surface area (Å²) in [7, 11) is 0. The van der Waals surface area contributed by atoms with E-state index in [-0.39, 0.29) is 5.56 Å². The van der Waals surface area contributed by atoms with Crippen LogP contribution >= 0.6 is 0 Å². The third-order valence-electron chi connectivity index (χ3n) is 4.06. The molecule has 1 fully saturated rings. The highest BCUT2D eigenvalue weighted by Crippen LogP contribution is 2.33. The largest absolute Gasteiger partial charge is 0.463 e. The van der Waals surface area contributed by atoms with Crippen LogP contribution in [0.2, 0.25) is 0 Å². The molecule has 0 aliphatic carbocycles. The molecule has 0 aromatic carbocycles. The van der Waals surface area contributed by atoms with Gasteiger partial charge in [-0.15, -0.1) is 0 Å². The van der Waals surface area contributed by atoms with Gasteiger partial charge >= 0.3 is 23.6 Å². The number of esters is 3. The van der Waals surface area contributed by atoms with E-state index in [1.165, 1.54) is 6.20 Å². The van der Waals surface area contributed by atoms with E-state index in [0.717, 1.165) is 4.57 Å². The average molecular weight is 415 g/mol. The fourth-order valence-corrected chi connectivity index (χ4v) is 2.98. The molecule has 0 bridgehead atoms. The van der Waals surface area contributed by atoms with Crippen molar-refractivity contribution in [3.8, 4) is 0 Å². The van der Waals surface area contributed by atoms with Crippen molar-refractivity contribution in [2.45, 2.75) is 65.0 Å². The maximum absolute atomic E-state index is 12.5. The highest BCUT2D eigenvalue weighted by molar-refractivity contribution is 5.68. The van der Waals surface area contributed by atoms with E-state index in [2.05, 4.69) is 4.98 Å². The molecule has 2 heterocycles. The number of carbonyl (C=O) groups excluding carboxylic acids is 3. The number of nitrogens with zero attached hydrogens (tertiary/aromatic N) is 1.